The van der Waals surface area contributed by atoms with Crippen molar-refractivity contribution in [3.05, 3.63) is 65.9 Å². The van der Waals surface area contributed by atoms with Gasteiger partial charge in [0.25, 0.3) is 0 Å². The number of para-hydroxylation sites is 1. The van der Waals surface area contributed by atoms with E-state index in [0.29, 0.717) is 0 Å². The quantitative estimate of drug-likeness (QED) is 0.601. The number of H-pyrrole nitrogens is 1. The molecule has 74 valence electrons. The molecule has 2 aromatic carbocycles. The molecule has 1 nitrogen and oxygen atoms in total. The molecule has 1 aromatic heterocycles. The number of fused-ring (bicyclic) bond motifs is 1. The fourth-order valence-corrected chi connectivity index (χ4v) is 2.03. The van der Waals surface area contributed by atoms with Crippen LogP contribution in [0.1, 0.15) is 11.1 Å². The number of hydrogen-bond donors (Lipinski definition) is 1. The fraction of sp³-hybridized carbons (Fsp3) is 0.0714. The zero-order valence-electron chi connectivity index (χ0n) is 8.40. The summed E-state index contributed by atoms with van der Waals surface area (Å²) in [7, 11) is 0. The first-order valence-corrected chi connectivity index (χ1v) is 5.19. The van der Waals surface area contributed by atoms with Crippen LogP contribution in [-0.4, -0.2) is 4.98 Å². The molecular weight excluding hydrogens is 182 g/mol. The lowest BCUT2D eigenvalue weighted by molar-refractivity contribution is 1.22. The largest absolute Gasteiger partial charge is 0.361 e. The van der Waals surface area contributed by atoms with Gasteiger partial charge in [-0.15, -0.1) is 0 Å². The van der Waals surface area contributed by atoms with Gasteiger partial charge in [0.2, 0.25) is 0 Å². The van der Waals surface area contributed by atoms with E-state index in [2.05, 4.69) is 59.7 Å². The summed E-state index contributed by atoms with van der Waals surface area (Å²) in [6, 6.07) is 16.9. The Kier molecular flexibility index (Phi) is 1.88. The Morgan fingerprint density at radius 1 is 1.13 bits per heavy atom. The molecule has 1 N–H and O–H groups in total. The molecule has 0 spiro atoms. The molecule has 1 heteroatoms. The number of rotatable bonds is 2. The third-order valence-corrected chi connectivity index (χ3v) is 2.80. The molecule has 3 rings (SSSR count). The van der Waals surface area contributed by atoms with Crippen LogP contribution < -0.4 is 0 Å². The van der Waals surface area contributed by atoms with Crippen LogP contribution in [0.4, 0.5) is 0 Å². The summed E-state index contributed by atoms with van der Waals surface area (Å²) in [4.78, 5) is 3.30. The minimum Gasteiger partial charge on any atom is -0.361 e. The number of aromatic amines is 1. The average molecular weight is 194 g/mol. The Balaban J connectivity index is 2.05. The van der Waals surface area contributed by atoms with E-state index < -0.39 is 0 Å². The van der Waals surface area contributed by atoms with Crippen LogP contribution >= 0.6 is 0 Å². The molecule has 0 saturated heterocycles. The molecule has 0 radical (unpaired) electrons. The predicted molar refractivity (Wildman–Crippen MR) is 63.1 cm³/mol. The highest BCUT2D eigenvalue weighted by Crippen LogP contribution is 2.20. The lowest BCUT2D eigenvalue weighted by Crippen LogP contribution is -1.82. The van der Waals surface area contributed by atoms with Crippen molar-refractivity contribution in [3.63, 3.8) is 0 Å². The van der Waals surface area contributed by atoms with Crippen molar-refractivity contribution in [3.8, 4) is 0 Å². The smallest absolute Gasteiger partial charge is 0.0456 e. The van der Waals surface area contributed by atoms with Crippen LogP contribution in [0.3, 0.4) is 0 Å². The molecule has 0 bridgehead atoms. The van der Waals surface area contributed by atoms with E-state index in [1.54, 1.807) is 0 Å². The Morgan fingerprint density at radius 2 is 2.07 bits per heavy atom. The molecule has 0 aliphatic rings. The zero-order chi connectivity index (χ0) is 10.1. The topological polar surface area (TPSA) is 15.8 Å². The normalized spacial score (nSPS) is 10.9. The lowest BCUT2D eigenvalue weighted by atomic mass is 10.1. The first-order valence-electron chi connectivity index (χ1n) is 5.19. The van der Waals surface area contributed by atoms with Gasteiger partial charge in [0.1, 0.15) is 0 Å². The third kappa shape index (κ3) is 1.46. The second-order valence-electron chi connectivity index (χ2n) is 3.83. The van der Waals surface area contributed by atoms with E-state index in [0.717, 1.165) is 6.42 Å². The molecular formula is C14H12N-. The summed E-state index contributed by atoms with van der Waals surface area (Å²) in [5, 5.41) is 1.33. The fourth-order valence-electron chi connectivity index (χ4n) is 2.03. The van der Waals surface area contributed by atoms with Crippen molar-refractivity contribution in [1.82, 2.24) is 4.98 Å². The second-order valence-corrected chi connectivity index (χ2v) is 3.83. The minimum absolute atomic E-state index is 1.01. The van der Waals surface area contributed by atoms with Crippen molar-refractivity contribution in [2.75, 3.05) is 0 Å². The van der Waals surface area contributed by atoms with Gasteiger partial charge >= 0.3 is 0 Å². The van der Waals surface area contributed by atoms with Gasteiger partial charge in [-0.25, -0.2) is 6.07 Å². The molecule has 3 aromatic rings. The van der Waals surface area contributed by atoms with Gasteiger partial charge in [-0.1, -0.05) is 24.6 Å². The first kappa shape index (κ1) is 8.42. The Labute approximate surface area is 88.7 Å². The van der Waals surface area contributed by atoms with Gasteiger partial charge in [0.05, 0.1) is 0 Å². The molecule has 0 unspecified atom stereocenters. The number of aromatic nitrogens is 1. The highest BCUT2D eigenvalue weighted by Gasteiger charge is 2.00. The average Bonchev–Trinajstić information content (AvgIpc) is 2.89. The number of nitrogens with one attached hydrogen (secondary N) is 1. The predicted octanol–water partition coefficient (Wildman–Crippen LogP) is 3.48. The van der Waals surface area contributed by atoms with Crippen LogP contribution in [0.15, 0.2) is 54.7 Å². The van der Waals surface area contributed by atoms with Gasteiger partial charge in [0.15, 0.2) is 0 Å². The summed E-state index contributed by atoms with van der Waals surface area (Å²) in [6.45, 7) is 0. The summed E-state index contributed by atoms with van der Waals surface area (Å²) >= 11 is 0. The van der Waals surface area contributed by atoms with Crippen LogP contribution in [-0.2, 0) is 6.42 Å². The van der Waals surface area contributed by atoms with Crippen molar-refractivity contribution in [2.45, 2.75) is 6.42 Å². The molecule has 0 amide bonds. The Morgan fingerprint density at radius 3 is 2.93 bits per heavy atom. The second kappa shape index (κ2) is 3.35. The van der Waals surface area contributed by atoms with Gasteiger partial charge in [-0.2, -0.15) is 23.8 Å². The minimum atomic E-state index is 1.01. The van der Waals surface area contributed by atoms with Crippen molar-refractivity contribution in [2.24, 2.45) is 0 Å². The monoisotopic (exact) mass is 194 g/mol. The lowest BCUT2D eigenvalue weighted by Gasteiger charge is -2.02. The summed E-state index contributed by atoms with van der Waals surface area (Å²) in [5.74, 6) is 0. The molecule has 0 aliphatic heterocycles. The Hall–Kier alpha value is -1.89. The summed E-state index contributed by atoms with van der Waals surface area (Å²) < 4.78 is 0. The molecule has 0 saturated carbocycles. The zero-order valence-corrected chi connectivity index (χ0v) is 8.40. The maximum atomic E-state index is 3.30. The van der Waals surface area contributed by atoms with E-state index >= 15 is 0 Å². The number of hydrogen-bond acceptors (Lipinski definition) is 0. The first-order chi connectivity index (χ1) is 7.43. The molecule has 0 aliphatic carbocycles. The van der Waals surface area contributed by atoms with Crippen molar-refractivity contribution in [1.29, 1.82) is 0 Å². The highest BCUT2D eigenvalue weighted by atomic mass is 14.7. The molecule has 1 heterocycles. The molecule has 0 fully saturated rings. The van der Waals surface area contributed by atoms with E-state index in [9.17, 15) is 0 Å². The highest BCUT2D eigenvalue weighted by molar-refractivity contribution is 5.83. The summed E-state index contributed by atoms with van der Waals surface area (Å²) in [6.07, 6.45) is 3.12. The van der Waals surface area contributed by atoms with Gasteiger partial charge in [0, 0.05) is 17.1 Å². The molecule has 0 atom stereocenters. The van der Waals surface area contributed by atoms with Gasteiger partial charge in [-0.3, -0.25) is 0 Å². The third-order valence-electron chi connectivity index (χ3n) is 2.80. The van der Waals surface area contributed by atoms with Crippen LogP contribution in [0, 0.1) is 0 Å². The van der Waals surface area contributed by atoms with Gasteiger partial charge in [-0.05, 0) is 11.6 Å². The van der Waals surface area contributed by atoms with E-state index in [1.807, 2.05) is 0 Å². The van der Waals surface area contributed by atoms with Crippen LogP contribution in [0.5, 0.6) is 0 Å². The maximum absolute atomic E-state index is 3.30. The Bertz CT molecular complexity index is 558. The van der Waals surface area contributed by atoms with E-state index in [4.69, 9.17) is 0 Å². The van der Waals surface area contributed by atoms with E-state index in [1.165, 1.54) is 22.0 Å². The van der Waals surface area contributed by atoms with Crippen molar-refractivity contribution < 1.29 is 0 Å². The SMILES string of the molecule is c1ccc2c(Cc3cc[cH-]c3)c[nH]c2c1. The standard InChI is InChI=1S/C14H12N/c1-2-6-11(5-1)9-12-10-15-14-8-4-3-7-13(12)14/h1-8,10,15H,9H2/q-1. The van der Waals surface area contributed by atoms with Crippen molar-refractivity contribution >= 4 is 10.9 Å². The molecule has 15 heavy (non-hydrogen) atoms. The number of benzene rings is 1. The maximum Gasteiger partial charge on any atom is 0.0456 e. The summed E-state index contributed by atoms with van der Waals surface area (Å²) in [5.41, 5.74) is 3.97. The van der Waals surface area contributed by atoms with E-state index in [-0.39, 0.29) is 0 Å². The van der Waals surface area contributed by atoms with Crippen LogP contribution in [0.25, 0.3) is 10.9 Å². The van der Waals surface area contributed by atoms with Gasteiger partial charge < -0.3 is 4.98 Å². The van der Waals surface area contributed by atoms with Crippen LogP contribution in [0.2, 0.25) is 0 Å².